The van der Waals surface area contributed by atoms with Crippen LogP contribution in [0.5, 0.6) is 0 Å². The molecule has 0 bridgehead atoms. The summed E-state index contributed by atoms with van der Waals surface area (Å²) in [5.74, 6) is 1.28. The highest BCUT2D eigenvalue weighted by Crippen LogP contribution is 2.46. The standard InChI is InChI=1S/C33H37Cl2N3O2/c34-26-9-4-22(5-10-26)32(23-6-11-27(35)12-7-23)25-8-13-30-29(20-25)33(37-36-30)24-14-16-38(17-15-24)28-3-1-2-21(18-28)19-31(39)40/h1-7,9-12,18,24-25,29-30,32-33,36-37H,8,13-17,19-20H2,(H,39,40). The van der Waals surface area contributed by atoms with Crippen molar-refractivity contribution in [3.05, 3.63) is 99.5 Å². The Hall–Kier alpha value is -2.57. The zero-order chi connectivity index (χ0) is 27.6. The molecule has 0 amide bonds. The fraction of sp³-hybridized carbons (Fsp3) is 0.424. The Balaban J connectivity index is 1.16. The number of carboxylic acids is 1. The lowest BCUT2D eigenvalue weighted by atomic mass is 9.66. The Morgan fingerprint density at radius 3 is 2.15 bits per heavy atom. The molecule has 3 N–H and O–H groups in total. The van der Waals surface area contributed by atoms with Gasteiger partial charge in [-0.3, -0.25) is 15.6 Å². The van der Waals surface area contributed by atoms with E-state index in [0.29, 0.717) is 35.8 Å². The number of hydrogen-bond acceptors (Lipinski definition) is 4. The van der Waals surface area contributed by atoms with Crippen molar-refractivity contribution in [2.24, 2.45) is 17.8 Å². The molecule has 6 rings (SSSR count). The first-order chi connectivity index (χ1) is 19.4. The molecular formula is C33H37Cl2N3O2. The Bertz CT molecular complexity index is 1260. The molecule has 4 atom stereocenters. The molecule has 2 heterocycles. The Labute approximate surface area is 246 Å². The van der Waals surface area contributed by atoms with Gasteiger partial charge in [-0.25, -0.2) is 0 Å². The van der Waals surface area contributed by atoms with Gasteiger partial charge in [0.2, 0.25) is 0 Å². The SMILES string of the molecule is O=C(O)Cc1cccc(N2CCC(C3NNC4CCC(C(c5ccc(Cl)cc5)c5ccc(Cl)cc5)CC43)CC2)c1. The number of nitrogens with one attached hydrogen (secondary N) is 2. The minimum atomic E-state index is -0.787. The van der Waals surface area contributed by atoms with Gasteiger partial charge in [0, 0.05) is 46.8 Å². The van der Waals surface area contributed by atoms with Crippen LogP contribution in [0, 0.1) is 17.8 Å². The van der Waals surface area contributed by atoms with Crippen LogP contribution in [0.15, 0.2) is 72.8 Å². The summed E-state index contributed by atoms with van der Waals surface area (Å²) in [4.78, 5) is 13.6. The third kappa shape index (κ3) is 6.03. The van der Waals surface area contributed by atoms with Crippen LogP contribution in [-0.2, 0) is 11.2 Å². The van der Waals surface area contributed by atoms with Crippen molar-refractivity contribution in [2.75, 3.05) is 18.0 Å². The maximum Gasteiger partial charge on any atom is 0.307 e. The summed E-state index contributed by atoms with van der Waals surface area (Å²) in [6.07, 6.45) is 5.87. The van der Waals surface area contributed by atoms with E-state index < -0.39 is 5.97 Å². The smallest absolute Gasteiger partial charge is 0.307 e. The van der Waals surface area contributed by atoms with Gasteiger partial charge in [-0.2, -0.15) is 0 Å². The van der Waals surface area contributed by atoms with E-state index in [9.17, 15) is 9.90 Å². The van der Waals surface area contributed by atoms with E-state index >= 15 is 0 Å². The number of halogens is 2. The van der Waals surface area contributed by atoms with Crippen LogP contribution < -0.4 is 15.8 Å². The fourth-order valence-corrected chi connectivity index (χ4v) is 7.78. The van der Waals surface area contributed by atoms with Crippen LogP contribution in [0.25, 0.3) is 0 Å². The molecule has 3 aliphatic rings. The highest BCUT2D eigenvalue weighted by molar-refractivity contribution is 6.30. The molecule has 1 aliphatic carbocycles. The number of rotatable bonds is 7. The van der Waals surface area contributed by atoms with Gasteiger partial charge in [-0.1, -0.05) is 59.6 Å². The monoisotopic (exact) mass is 577 g/mol. The van der Waals surface area contributed by atoms with Crippen LogP contribution >= 0.6 is 23.2 Å². The van der Waals surface area contributed by atoms with E-state index in [-0.39, 0.29) is 6.42 Å². The van der Waals surface area contributed by atoms with Gasteiger partial charge in [-0.15, -0.1) is 0 Å². The van der Waals surface area contributed by atoms with Crippen molar-refractivity contribution < 1.29 is 9.90 Å². The molecule has 5 nitrogen and oxygen atoms in total. The number of hydrogen-bond donors (Lipinski definition) is 3. The molecule has 40 heavy (non-hydrogen) atoms. The lowest BCUT2D eigenvalue weighted by Gasteiger charge is -2.41. The van der Waals surface area contributed by atoms with Crippen LogP contribution in [0.2, 0.25) is 10.0 Å². The number of fused-ring (bicyclic) bond motifs is 1. The molecule has 0 aromatic heterocycles. The average Bonchev–Trinajstić information content (AvgIpc) is 3.39. The molecule has 3 aromatic rings. The number of piperidine rings is 1. The second kappa shape index (κ2) is 12.1. The lowest BCUT2D eigenvalue weighted by Crippen LogP contribution is -2.45. The minimum absolute atomic E-state index is 0.0687. The molecule has 1 saturated carbocycles. The largest absolute Gasteiger partial charge is 0.481 e. The predicted molar refractivity (Wildman–Crippen MR) is 162 cm³/mol. The first kappa shape index (κ1) is 27.6. The second-order valence-corrected chi connectivity index (χ2v) is 12.7. The van der Waals surface area contributed by atoms with Crippen molar-refractivity contribution in [1.29, 1.82) is 0 Å². The molecule has 4 unspecified atom stereocenters. The van der Waals surface area contributed by atoms with Gasteiger partial charge in [-0.05, 0) is 103 Å². The highest BCUT2D eigenvalue weighted by atomic mass is 35.5. The molecule has 3 aromatic carbocycles. The Morgan fingerprint density at radius 1 is 0.875 bits per heavy atom. The Kier molecular flexibility index (Phi) is 8.36. The van der Waals surface area contributed by atoms with Crippen molar-refractivity contribution in [2.45, 2.75) is 56.5 Å². The van der Waals surface area contributed by atoms with Gasteiger partial charge in [0.05, 0.1) is 6.42 Å². The van der Waals surface area contributed by atoms with E-state index in [2.05, 4.69) is 46.1 Å². The van der Waals surface area contributed by atoms with Crippen molar-refractivity contribution in [3.63, 3.8) is 0 Å². The van der Waals surface area contributed by atoms with Gasteiger partial charge in [0.25, 0.3) is 0 Å². The summed E-state index contributed by atoms with van der Waals surface area (Å²) in [7, 11) is 0. The maximum absolute atomic E-state index is 11.2. The second-order valence-electron chi connectivity index (χ2n) is 11.8. The van der Waals surface area contributed by atoms with Crippen molar-refractivity contribution in [1.82, 2.24) is 10.9 Å². The zero-order valence-corrected chi connectivity index (χ0v) is 24.1. The van der Waals surface area contributed by atoms with Crippen LogP contribution in [0.4, 0.5) is 5.69 Å². The Morgan fingerprint density at radius 2 is 1.52 bits per heavy atom. The topological polar surface area (TPSA) is 64.6 Å². The first-order valence-electron chi connectivity index (χ1n) is 14.5. The molecule has 0 spiro atoms. The van der Waals surface area contributed by atoms with E-state index in [1.165, 1.54) is 30.4 Å². The summed E-state index contributed by atoms with van der Waals surface area (Å²) in [5, 5.41) is 10.7. The number of carbonyl (C=O) groups is 1. The van der Waals surface area contributed by atoms with Crippen LogP contribution in [0.1, 0.15) is 54.7 Å². The molecule has 7 heteroatoms. The number of anilines is 1. The van der Waals surface area contributed by atoms with E-state index in [4.69, 9.17) is 23.2 Å². The number of carboxylic acid groups (broad SMARTS) is 1. The van der Waals surface area contributed by atoms with Gasteiger partial charge < -0.3 is 10.0 Å². The lowest BCUT2D eigenvalue weighted by molar-refractivity contribution is -0.136. The normalized spacial score (nSPS) is 25.2. The quantitative estimate of drug-likeness (QED) is 0.284. The number of hydrazine groups is 1. The molecule has 2 saturated heterocycles. The van der Waals surface area contributed by atoms with Crippen molar-refractivity contribution in [3.8, 4) is 0 Å². The summed E-state index contributed by atoms with van der Waals surface area (Å²) in [5.41, 5.74) is 12.1. The van der Waals surface area contributed by atoms with Crippen LogP contribution in [0.3, 0.4) is 0 Å². The third-order valence-corrected chi connectivity index (χ3v) is 9.95. The van der Waals surface area contributed by atoms with Crippen LogP contribution in [-0.4, -0.2) is 36.2 Å². The summed E-state index contributed by atoms with van der Waals surface area (Å²) in [6, 6.07) is 25.8. The molecular weight excluding hydrogens is 541 g/mol. The number of aliphatic carboxylic acids is 1. The van der Waals surface area contributed by atoms with E-state index in [1.807, 2.05) is 42.5 Å². The summed E-state index contributed by atoms with van der Waals surface area (Å²) >= 11 is 12.5. The van der Waals surface area contributed by atoms with Gasteiger partial charge >= 0.3 is 5.97 Å². The third-order valence-electron chi connectivity index (χ3n) is 9.45. The summed E-state index contributed by atoms with van der Waals surface area (Å²) < 4.78 is 0. The average molecular weight is 579 g/mol. The van der Waals surface area contributed by atoms with Crippen molar-refractivity contribution >= 4 is 34.9 Å². The van der Waals surface area contributed by atoms with E-state index in [0.717, 1.165) is 47.2 Å². The number of benzene rings is 3. The first-order valence-corrected chi connectivity index (χ1v) is 15.3. The molecule has 210 valence electrons. The summed E-state index contributed by atoms with van der Waals surface area (Å²) in [6.45, 7) is 2.00. The minimum Gasteiger partial charge on any atom is -0.481 e. The fourth-order valence-electron chi connectivity index (χ4n) is 7.53. The van der Waals surface area contributed by atoms with Gasteiger partial charge in [0.15, 0.2) is 0 Å². The molecule has 0 radical (unpaired) electrons. The predicted octanol–water partition coefficient (Wildman–Crippen LogP) is 6.93. The van der Waals surface area contributed by atoms with E-state index in [1.54, 1.807) is 0 Å². The maximum atomic E-state index is 11.2. The zero-order valence-electron chi connectivity index (χ0n) is 22.6. The highest BCUT2D eigenvalue weighted by Gasteiger charge is 2.45. The molecule has 3 fully saturated rings. The molecule has 2 aliphatic heterocycles. The number of nitrogens with zero attached hydrogens (tertiary/aromatic N) is 1. The van der Waals surface area contributed by atoms with Gasteiger partial charge in [0.1, 0.15) is 0 Å².